The highest BCUT2D eigenvalue weighted by Gasteiger charge is 2.01. The maximum Gasteiger partial charge on any atom is 0.0963 e. The summed E-state index contributed by atoms with van der Waals surface area (Å²) in [6.07, 6.45) is 0.893. The number of methoxy groups -OCH3 is 1. The van der Waals surface area contributed by atoms with E-state index < -0.39 is 0 Å². The summed E-state index contributed by atoms with van der Waals surface area (Å²) in [6, 6.07) is 0. The van der Waals surface area contributed by atoms with Gasteiger partial charge in [0.2, 0.25) is 0 Å². The van der Waals surface area contributed by atoms with Gasteiger partial charge in [0, 0.05) is 20.1 Å². The van der Waals surface area contributed by atoms with Crippen molar-refractivity contribution in [1.82, 2.24) is 0 Å². The Hall–Kier alpha value is -0.570. The first-order valence-electron chi connectivity index (χ1n) is 4.37. The van der Waals surface area contributed by atoms with E-state index in [0.717, 1.165) is 13.0 Å². The Balaban J connectivity index is 3.69. The lowest BCUT2D eigenvalue weighted by atomic mass is 10.2. The molecule has 72 valence electrons. The normalized spacial score (nSPS) is 15.2. The zero-order chi connectivity index (χ0) is 9.56. The minimum Gasteiger partial charge on any atom is -0.387 e. The molecule has 0 spiro atoms. The molecular formula is C9H20N2O. The van der Waals surface area contributed by atoms with E-state index in [9.17, 15) is 0 Å². The van der Waals surface area contributed by atoms with Gasteiger partial charge in [0.05, 0.1) is 11.9 Å². The Morgan fingerprint density at radius 2 is 2.00 bits per heavy atom. The summed E-state index contributed by atoms with van der Waals surface area (Å²) in [6.45, 7) is 7.03. The molecule has 0 aliphatic heterocycles. The first-order chi connectivity index (χ1) is 5.56. The Kier molecular flexibility index (Phi) is 5.72. The second kappa shape index (κ2) is 6.00. The first-order valence-corrected chi connectivity index (χ1v) is 4.37. The van der Waals surface area contributed by atoms with Gasteiger partial charge in [-0.2, -0.15) is 0 Å². The molecule has 0 rings (SSSR count). The molecule has 0 aromatic carbocycles. The summed E-state index contributed by atoms with van der Waals surface area (Å²) in [7, 11) is 1.68. The van der Waals surface area contributed by atoms with Crippen molar-refractivity contribution in [1.29, 1.82) is 0 Å². The average Bonchev–Trinajstić information content (AvgIpc) is 2.00. The molecule has 3 heteroatoms. The number of nitrogens with zero attached hydrogens (tertiary/aromatic N) is 1. The molecule has 0 heterocycles. The van der Waals surface area contributed by atoms with Crippen LogP contribution in [-0.4, -0.2) is 25.6 Å². The molecule has 2 N–H and O–H groups in total. The molecule has 1 atom stereocenters. The topological polar surface area (TPSA) is 47.6 Å². The molecule has 3 nitrogen and oxygen atoms in total. The van der Waals surface area contributed by atoms with Crippen LogP contribution in [0.5, 0.6) is 0 Å². The summed E-state index contributed by atoms with van der Waals surface area (Å²) in [4.78, 5) is 4.23. The summed E-state index contributed by atoms with van der Waals surface area (Å²) >= 11 is 0. The van der Waals surface area contributed by atoms with Gasteiger partial charge in [-0.25, -0.2) is 0 Å². The lowest BCUT2D eigenvalue weighted by Crippen LogP contribution is -2.20. The molecule has 12 heavy (non-hydrogen) atoms. The van der Waals surface area contributed by atoms with Crippen molar-refractivity contribution in [3.63, 3.8) is 0 Å². The second-order valence-corrected chi connectivity index (χ2v) is 3.48. The smallest absolute Gasteiger partial charge is 0.0963 e. The predicted octanol–water partition coefficient (Wildman–Crippen LogP) is 1.42. The molecule has 0 fully saturated rings. The third-order valence-corrected chi connectivity index (χ3v) is 1.56. The standard InChI is InChI=1S/C9H20N2O/c1-7(2)6-11-9(10)5-8(3)12-4/h7-8H,5-6H2,1-4H3,(H2,10,11). The average molecular weight is 172 g/mol. The van der Waals surface area contributed by atoms with E-state index >= 15 is 0 Å². The van der Waals surface area contributed by atoms with Gasteiger partial charge in [-0.3, -0.25) is 4.99 Å². The molecule has 0 radical (unpaired) electrons. The number of hydrogen-bond acceptors (Lipinski definition) is 2. The van der Waals surface area contributed by atoms with Gasteiger partial charge >= 0.3 is 0 Å². The van der Waals surface area contributed by atoms with Gasteiger partial charge in [-0.05, 0) is 12.8 Å². The van der Waals surface area contributed by atoms with Crippen LogP contribution in [0.1, 0.15) is 27.2 Å². The number of amidine groups is 1. The monoisotopic (exact) mass is 172 g/mol. The summed E-state index contributed by atoms with van der Waals surface area (Å²) in [5, 5.41) is 0. The molecular weight excluding hydrogens is 152 g/mol. The molecule has 0 aliphatic carbocycles. The van der Waals surface area contributed by atoms with Gasteiger partial charge in [0.1, 0.15) is 0 Å². The van der Waals surface area contributed by atoms with Crippen LogP contribution in [0.25, 0.3) is 0 Å². The van der Waals surface area contributed by atoms with E-state index in [1.165, 1.54) is 0 Å². The van der Waals surface area contributed by atoms with E-state index in [1.807, 2.05) is 6.92 Å². The molecule has 0 saturated carbocycles. The van der Waals surface area contributed by atoms with Crippen molar-refractivity contribution in [2.24, 2.45) is 16.6 Å². The van der Waals surface area contributed by atoms with Crippen LogP contribution in [0.2, 0.25) is 0 Å². The quantitative estimate of drug-likeness (QED) is 0.503. The Morgan fingerprint density at radius 1 is 1.42 bits per heavy atom. The largest absolute Gasteiger partial charge is 0.387 e. The molecule has 0 saturated heterocycles. The van der Waals surface area contributed by atoms with Crippen LogP contribution in [0, 0.1) is 5.92 Å². The number of hydrogen-bond donors (Lipinski definition) is 1. The van der Waals surface area contributed by atoms with Crippen molar-refractivity contribution < 1.29 is 4.74 Å². The van der Waals surface area contributed by atoms with Crippen LogP contribution in [0.4, 0.5) is 0 Å². The number of rotatable bonds is 5. The van der Waals surface area contributed by atoms with Crippen LogP contribution in [-0.2, 0) is 4.74 Å². The predicted molar refractivity (Wildman–Crippen MR) is 52.4 cm³/mol. The molecule has 0 aromatic rings. The number of ether oxygens (including phenoxy) is 1. The fourth-order valence-corrected chi connectivity index (χ4v) is 0.742. The molecule has 0 aromatic heterocycles. The zero-order valence-electron chi connectivity index (χ0n) is 8.50. The van der Waals surface area contributed by atoms with Crippen molar-refractivity contribution in [3.8, 4) is 0 Å². The lowest BCUT2D eigenvalue weighted by Gasteiger charge is -2.08. The highest BCUT2D eigenvalue weighted by molar-refractivity contribution is 5.80. The molecule has 0 bridgehead atoms. The van der Waals surface area contributed by atoms with Crippen LogP contribution in [0.3, 0.4) is 0 Å². The van der Waals surface area contributed by atoms with Crippen molar-refractivity contribution in [3.05, 3.63) is 0 Å². The van der Waals surface area contributed by atoms with E-state index in [1.54, 1.807) is 7.11 Å². The highest BCUT2D eigenvalue weighted by atomic mass is 16.5. The lowest BCUT2D eigenvalue weighted by molar-refractivity contribution is 0.124. The van der Waals surface area contributed by atoms with E-state index in [-0.39, 0.29) is 6.10 Å². The SMILES string of the molecule is COC(C)CC(N)=NCC(C)C. The number of nitrogens with two attached hydrogens (primary N) is 1. The summed E-state index contributed by atoms with van der Waals surface area (Å²) in [5.74, 6) is 1.26. The third kappa shape index (κ3) is 6.16. The van der Waals surface area contributed by atoms with Gasteiger partial charge < -0.3 is 10.5 Å². The fourth-order valence-electron chi connectivity index (χ4n) is 0.742. The van der Waals surface area contributed by atoms with Gasteiger partial charge in [-0.1, -0.05) is 13.8 Å². The molecule has 0 aliphatic rings. The highest BCUT2D eigenvalue weighted by Crippen LogP contribution is 1.97. The summed E-state index contributed by atoms with van der Waals surface area (Å²) < 4.78 is 5.07. The zero-order valence-corrected chi connectivity index (χ0v) is 8.50. The van der Waals surface area contributed by atoms with Crippen LogP contribution in [0.15, 0.2) is 4.99 Å². The van der Waals surface area contributed by atoms with E-state index in [2.05, 4.69) is 18.8 Å². The van der Waals surface area contributed by atoms with E-state index in [0.29, 0.717) is 11.8 Å². The van der Waals surface area contributed by atoms with E-state index in [4.69, 9.17) is 10.5 Å². The Bertz CT molecular complexity index is 143. The summed E-state index contributed by atoms with van der Waals surface area (Å²) in [5.41, 5.74) is 5.67. The van der Waals surface area contributed by atoms with Crippen molar-refractivity contribution >= 4 is 5.84 Å². The molecule has 0 amide bonds. The minimum atomic E-state index is 0.168. The first kappa shape index (κ1) is 11.4. The number of aliphatic imine (C=N–C) groups is 1. The van der Waals surface area contributed by atoms with Gasteiger partial charge in [-0.15, -0.1) is 0 Å². The Labute approximate surface area is 75.0 Å². The maximum atomic E-state index is 5.67. The maximum absolute atomic E-state index is 5.67. The van der Waals surface area contributed by atoms with Gasteiger partial charge in [0.15, 0.2) is 0 Å². The molecule has 1 unspecified atom stereocenters. The van der Waals surface area contributed by atoms with Crippen LogP contribution >= 0.6 is 0 Å². The van der Waals surface area contributed by atoms with Crippen molar-refractivity contribution in [2.75, 3.05) is 13.7 Å². The Morgan fingerprint density at radius 3 is 2.42 bits per heavy atom. The van der Waals surface area contributed by atoms with Crippen molar-refractivity contribution in [2.45, 2.75) is 33.3 Å². The third-order valence-electron chi connectivity index (χ3n) is 1.56. The fraction of sp³-hybridized carbons (Fsp3) is 0.889. The second-order valence-electron chi connectivity index (χ2n) is 3.48. The van der Waals surface area contributed by atoms with Gasteiger partial charge in [0.25, 0.3) is 0 Å². The minimum absolute atomic E-state index is 0.168. The van der Waals surface area contributed by atoms with Crippen LogP contribution < -0.4 is 5.73 Å².